The van der Waals surface area contributed by atoms with Crippen molar-refractivity contribution in [3.05, 3.63) is 34.9 Å². The van der Waals surface area contributed by atoms with E-state index < -0.39 is 0 Å². The summed E-state index contributed by atoms with van der Waals surface area (Å²) >= 11 is 0. The molecule has 0 fully saturated rings. The first-order chi connectivity index (χ1) is 9.56. The van der Waals surface area contributed by atoms with Crippen LogP contribution in [0.25, 0.3) is 0 Å². The molecule has 0 aliphatic rings. The summed E-state index contributed by atoms with van der Waals surface area (Å²) in [5.41, 5.74) is 4.66. The van der Waals surface area contributed by atoms with Crippen molar-refractivity contribution in [1.82, 2.24) is 24.9 Å². The van der Waals surface area contributed by atoms with Crippen molar-refractivity contribution < 1.29 is 0 Å². The second kappa shape index (κ2) is 6.22. The largest absolute Gasteiger partial charge is 0.316 e. The molecule has 1 N–H and O–H groups in total. The van der Waals surface area contributed by atoms with E-state index in [-0.39, 0.29) is 0 Å². The molecule has 20 heavy (non-hydrogen) atoms. The van der Waals surface area contributed by atoms with Gasteiger partial charge in [-0.15, -0.1) is 0 Å². The van der Waals surface area contributed by atoms with Crippen molar-refractivity contribution in [2.45, 2.75) is 53.2 Å². The maximum absolute atomic E-state index is 4.64. The fraction of sp³-hybridized carbons (Fsp3) is 0.600. The predicted molar refractivity (Wildman–Crippen MR) is 80.8 cm³/mol. The molecule has 2 aromatic rings. The number of aryl methyl sites for hydroxylation is 1. The molecular formula is C15H25N5. The molecule has 0 spiro atoms. The topological polar surface area (TPSA) is 47.7 Å². The molecule has 0 amide bonds. The second-order valence-corrected chi connectivity index (χ2v) is 5.38. The van der Waals surface area contributed by atoms with Crippen LogP contribution in [0.4, 0.5) is 0 Å². The lowest BCUT2D eigenvalue weighted by atomic mass is 10.2. The average Bonchev–Trinajstić information content (AvgIpc) is 2.99. The summed E-state index contributed by atoms with van der Waals surface area (Å²) in [4.78, 5) is 0. The lowest BCUT2D eigenvalue weighted by molar-refractivity contribution is 0.470. The molecule has 1 atom stereocenters. The molecule has 2 aromatic heterocycles. The van der Waals surface area contributed by atoms with Crippen LogP contribution in [0.1, 0.15) is 49.0 Å². The number of nitrogens with one attached hydrogen (secondary N) is 1. The van der Waals surface area contributed by atoms with Crippen LogP contribution in [0.2, 0.25) is 0 Å². The zero-order valence-electron chi connectivity index (χ0n) is 13.1. The highest BCUT2D eigenvalue weighted by molar-refractivity contribution is 5.24. The van der Waals surface area contributed by atoms with Crippen LogP contribution < -0.4 is 5.32 Å². The summed E-state index contributed by atoms with van der Waals surface area (Å²) < 4.78 is 4.08. The molecule has 0 aliphatic heterocycles. The van der Waals surface area contributed by atoms with E-state index in [0.717, 1.165) is 30.9 Å². The van der Waals surface area contributed by atoms with Gasteiger partial charge in [0.2, 0.25) is 0 Å². The molecule has 2 rings (SSSR count). The molecule has 110 valence electrons. The zero-order chi connectivity index (χ0) is 14.7. The Morgan fingerprint density at radius 1 is 1.30 bits per heavy atom. The highest BCUT2D eigenvalue weighted by Gasteiger charge is 2.12. The smallest absolute Gasteiger partial charge is 0.0853 e. The van der Waals surface area contributed by atoms with Crippen LogP contribution in [0.3, 0.4) is 0 Å². The number of hydrogen-bond donors (Lipinski definition) is 1. The Morgan fingerprint density at radius 3 is 2.70 bits per heavy atom. The standard InChI is InChI=1S/C15H25N5/c1-6-11(2)19-8-7-14(18-19)10-20-13(4)15(9-16-5)12(3)17-20/h7-8,11,16H,6,9-10H2,1-5H3. The zero-order valence-corrected chi connectivity index (χ0v) is 13.1. The minimum Gasteiger partial charge on any atom is -0.316 e. The van der Waals surface area contributed by atoms with E-state index in [2.05, 4.69) is 55.5 Å². The first kappa shape index (κ1) is 14.8. The van der Waals surface area contributed by atoms with Gasteiger partial charge in [0.05, 0.1) is 17.9 Å². The van der Waals surface area contributed by atoms with Gasteiger partial charge in [-0.05, 0) is 40.3 Å². The van der Waals surface area contributed by atoms with E-state index in [4.69, 9.17) is 0 Å². The predicted octanol–water partition coefficient (Wildman–Crippen LogP) is 2.44. The van der Waals surface area contributed by atoms with Crippen molar-refractivity contribution in [1.29, 1.82) is 0 Å². The van der Waals surface area contributed by atoms with E-state index in [1.54, 1.807) is 0 Å². The normalized spacial score (nSPS) is 12.8. The minimum absolute atomic E-state index is 0.448. The Bertz CT molecular complexity index is 567. The summed E-state index contributed by atoms with van der Waals surface area (Å²) in [5, 5.41) is 12.5. The molecule has 0 aromatic carbocycles. The van der Waals surface area contributed by atoms with E-state index in [1.165, 1.54) is 11.3 Å². The summed E-state index contributed by atoms with van der Waals surface area (Å²) in [5.74, 6) is 0. The van der Waals surface area contributed by atoms with Crippen molar-refractivity contribution in [3.63, 3.8) is 0 Å². The minimum atomic E-state index is 0.448. The van der Waals surface area contributed by atoms with Gasteiger partial charge in [-0.3, -0.25) is 9.36 Å². The van der Waals surface area contributed by atoms with Crippen LogP contribution in [-0.2, 0) is 13.1 Å². The van der Waals surface area contributed by atoms with E-state index >= 15 is 0 Å². The first-order valence-electron chi connectivity index (χ1n) is 7.28. The lowest BCUT2D eigenvalue weighted by Crippen LogP contribution is -2.09. The maximum atomic E-state index is 4.64. The van der Waals surface area contributed by atoms with Gasteiger partial charge in [0, 0.05) is 30.0 Å². The summed E-state index contributed by atoms with van der Waals surface area (Å²) in [6, 6.07) is 2.53. The average molecular weight is 275 g/mol. The molecule has 0 bridgehead atoms. The first-order valence-corrected chi connectivity index (χ1v) is 7.28. The number of hydrogen-bond acceptors (Lipinski definition) is 3. The van der Waals surface area contributed by atoms with Gasteiger partial charge in [-0.25, -0.2) is 0 Å². The third-order valence-electron chi connectivity index (χ3n) is 3.90. The molecule has 5 heteroatoms. The molecule has 0 saturated heterocycles. The Kier molecular flexibility index (Phi) is 4.60. The molecule has 1 unspecified atom stereocenters. The van der Waals surface area contributed by atoms with Crippen molar-refractivity contribution >= 4 is 0 Å². The molecule has 0 aliphatic carbocycles. The van der Waals surface area contributed by atoms with Gasteiger partial charge >= 0.3 is 0 Å². The fourth-order valence-corrected chi connectivity index (χ4v) is 2.37. The SMILES string of the molecule is CCC(C)n1ccc(Cn2nc(C)c(CNC)c2C)n1. The molecular weight excluding hydrogens is 250 g/mol. The van der Waals surface area contributed by atoms with Crippen LogP contribution in [-0.4, -0.2) is 26.6 Å². The number of aromatic nitrogens is 4. The third kappa shape index (κ3) is 2.93. The van der Waals surface area contributed by atoms with Crippen LogP contribution in [0.5, 0.6) is 0 Å². The van der Waals surface area contributed by atoms with Crippen LogP contribution >= 0.6 is 0 Å². The van der Waals surface area contributed by atoms with Crippen LogP contribution in [0.15, 0.2) is 12.3 Å². The van der Waals surface area contributed by atoms with Crippen molar-refractivity contribution in [2.24, 2.45) is 0 Å². The molecule has 0 saturated carbocycles. The second-order valence-electron chi connectivity index (χ2n) is 5.38. The van der Waals surface area contributed by atoms with Crippen molar-refractivity contribution in [3.8, 4) is 0 Å². The highest BCUT2D eigenvalue weighted by atomic mass is 15.3. The highest BCUT2D eigenvalue weighted by Crippen LogP contribution is 2.15. The molecule has 5 nitrogen and oxygen atoms in total. The van der Waals surface area contributed by atoms with E-state index in [0.29, 0.717) is 6.04 Å². The Balaban J connectivity index is 2.18. The van der Waals surface area contributed by atoms with Gasteiger partial charge in [-0.1, -0.05) is 6.92 Å². The maximum Gasteiger partial charge on any atom is 0.0853 e. The van der Waals surface area contributed by atoms with Crippen molar-refractivity contribution in [2.75, 3.05) is 7.05 Å². The lowest BCUT2D eigenvalue weighted by Gasteiger charge is -2.08. The Labute approximate surface area is 121 Å². The van der Waals surface area contributed by atoms with Gasteiger partial charge < -0.3 is 5.32 Å². The third-order valence-corrected chi connectivity index (χ3v) is 3.90. The van der Waals surface area contributed by atoms with E-state index in [1.807, 2.05) is 16.4 Å². The summed E-state index contributed by atoms with van der Waals surface area (Å²) in [6.45, 7) is 10.1. The summed E-state index contributed by atoms with van der Waals surface area (Å²) in [7, 11) is 1.96. The monoisotopic (exact) mass is 275 g/mol. The summed E-state index contributed by atoms with van der Waals surface area (Å²) in [6.07, 6.45) is 3.15. The number of rotatable bonds is 6. The fourth-order valence-electron chi connectivity index (χ4n) is 2.37. The quantitative estimate of drug-likeness (QED) is 0.881. The van der Waals surface area contributed by atoms with Gasteiger partial charge in [-0.2, -0.15) is 10.2 Å². The Morgan fingerprint density at radius 2 is 2.05 bits per heavy atom. The van der Waals surface area contributed by atoms with E-state index in [9.17, 15) is 0 Å². The Hall–Kier alpha value is -1.62. The van der Waals surface area contributed by atoms with Gasteiger partial charge in [0.25, 0.3) is 0 Å². The molecule has 0 radical (unpaired) electrons. The molecule has 2 heterocycles. The van der Waals surface area contributed by atoms with Gasteiger partial charge in [0.15, 0.2) is 0 Å². The van der Waals surface area contributed by atoms with Crippen LogP contribution in [0, 0.1) is 13.8 Å². The van der Waals surface area contributed by atoms with Gasteiger partial charge in [0.1, 0.15) is 0 Å². The number of nitrogens with zero attached hydrogens (tertiary/aromatic N) is 4.